The van der Waals surface area contributed by atoms with Gasteiger partial charge in [-0.25, -0.2) is 0 Å². The van der Waals surface area contributed by atoms with Gasteiger partial charge in [0.25, 0.3) is 5.91 Å². The fourth-order valence-corrected chi connectivity index (χ4v) is 3.71. The lowest BCUT2D eigenvalue weighted by Crippen LogP contribution is -2.48. The van der Waals surface area contributed by atoms with E-state index in [1.807, 2.05) is 18.2 Å². The summed E-state index contributed by atoms with van der Waals surface area (Å²) in [4.78, 5) is 24.1. The number of benzene rings is 1. The van der Waals surface area contributed by atoms with E-state index in [1.165, 1.54) is 17.4 Å². The molecule has 1 heterocycles. The van der Waals surface area contributed by atoms with Gasteiger partial charge in [-0.2, -0.15) is 0 Å². The summed E-state index contributed by atoms with van der Waals surface area (Å²) in [6.07, 6.45) is 3.00. The van der Waals surface area contributed by atoms with E-state index in [4.69, 9.17) is 12.2 Å². The van der Waals surface area contributed by atoms with Crippen LogP contribution in [0, 0.1) is 0 Å². The van der Waals surface area contributed by atoms with E-state index in [0.29, 0.717) is 4.88 Å². The smallest absolute Gasteiger partial charge is 0.279 e. The lowest BCUT2D eigenvalue weighted by atomic mass is 10.2. The third kappa shape index (κ3) is 6.16. The number of nitrogens with one attached hydrogen (secondary N) is 3. The third-order valence-corrected chi connectivity index (χ3v) is 4.57. The van der Waals surface area contributed by atoms with Crippen LogP contribution in [0.2, 0.25) is 0 Å². The number of amides is 2. The number of hydrogen-bond donors (Lipinski definition) is 3. The van der Waals surface area contributed by atoms with Crippen molar-refractivity contribution in [2.45, 2.75) is 0 Å². The fraction of sp³-hybridized carbons (Fsp3) is 0. The van der Waals surface area contributed by atoms with Crippen LogP contribution < -0.4 is 16.2 Å². The number of rotatable bonds is 3. The molecule has 1 aromatic heterocycles. The van der Waals surface area contributed by atoms with Gasteiger partial charge in [0.05, 0.1) is 4.88 Å². The van der Waals surface area contributed by atoms with Gasteiger partial charge in [0.15, 0.2) is 5.11 Å². The van der Waals surface area contributed by atoms with E-state index in [0.717, 1.165) is 14.5 Å². The molecular formula is C15H11Br2N3O2S2. The Hall–Kier alpha value is -1.55. The van der Waals surface area contributed by atoms with Gasteiger partial charge in [0.1, 0.15) is 0 Å². The topological polar surface area (TPSA) is 70.2 Å². The highest BCUT2D eigenvalue weighted by Gasteiger charge is 2.07. The molecule has 0 spiro atoms. The molecule has 0 saturated carbocycles. The van der Waals surface area contributed by atoms with Gasteiger partial charge in [-0.05, 0) is 53.5 Å². The molecule has 0 aliphatic heterocycles. The second kappa shape index (κ2) is 9.07. The lowest BCUT2D eigenvalue weighted by Gasteiger charge is -2.08. The summed E-state index contributed by atoms with van der Waals surface area (Å²) < 4.78 is 1.79. The Labute approximate surface area is 164 Å². The molecule has 2 aromatic rings. The number of hydrazine groups is 1. The maximum Gasteiger partial charge on any atom is 0.279 e. The van der Waals surface area contributed by atoms with Crippen LogP contribution in [-0.4, -0.2) is 16.9 Å². The standard InChI is InChI=1S/C15H11Br2N3O2S2/c16-10-6-9(7-11(17)8-10)3-4-13(21)18-15(23)20-19-14(22)12-2-1-5-24-12/h1-8H,(H,19,22)(H2,18,20,21,23). The Kier molecular flexibility index (Phi) is 7.10. The van der Waals surface area contributed by atoms with Crippen molar-refractivity contribution in [3.05, 3.63) is 61.2 Å². The summed E-state index contributed by atoms with van der Waals surface area (Å²) in [5.41, 5.74) is 5.73. The minimum Gasteiger partial charge on any atom is -0.298 e. The summed E-state index contributed by atoms with van der Waals surface area (Å²) in [5.74, 6) is -0.731. The molecule has 5 nitrogen and oxygen atoms in total. The zero-order valence-electron chi connectivity index (χ0n) is 12.0. The van der Waals surface area contributed by atoms with E-state index in [2.05, 4.69) is 48.0 Å². The van der Waals surface area contributed by atoms with Crippen molar-refractivity contribution in [2.75, 3.05) is 0 Å². The van der Waals surface area contributed by atoms with Crippen LogP contribution >= 0.6 is 55.4 Å². The highest BCUT2D eigenvalue weighted by molar-refractivity contribution is 9.11. The molecule has 0 radical (unpaired) electrons. The molecule has 0 aliphatic carbocycles. The second-order valence-electron chi connectivity index (χ2n) is 4.41. The zero-order valence-corrected chi connectivity index (χ0v) is 16.8. The molecule has 2 amide bonds. The Balaban J connectivity index is 1.82. The molecule has 2 rings (SSSR count). The van der Waals surface area contributed by atoms with Crippen LogP contribution in [0.15, 0.2) is 50.7 Å². The first-order valence-corrected chi connectivity index (χ1v) is 9.40. The predicted molar refractivity (Wildman–Crippen MR) is 107 cm³/mol. The average molecular weight is 489 g/mol. The molecule has 9 heteroatoms. The van der Waals surface area contributed by atoms with Gasteiger partial charge in [-0.1, -0.05) is 37.9 Å². The Morgan fingerprint density at radius 2 is 1.83 bits per heavy atom. The minimum atomic E-state index is -0.408. The number of hydrogen-bond acceptors (Lipinski definition) is 4. The van der Waals surface area contributed by atoms with Crippen molar-refractivity contribution in [2.24, 2.45) is 0 Å². The Morgan fingerprint density at radius 3 is 2.46 bits per heavy atom. The van der Waals surface area contributed by atoms with Crippen LogP contribution in [0.1, 0.15) is 15.2 Å². The van der Waals surface area contributed by atoms with Gasteiger partial charge in [0.2, 0.25) is 5.91 Å². The van der Waals surface area contributed by atoms with Crippen LogP contribution in [0.3, 0.4) is 0 Å². The third-order valence-electron chi connectivity index (χ3n) is 2.58. The number of carbonyl (C=O) groups is 2. The lowest BCUT2D eigenvalue weighted by molar-refractivity contribution is -0.115. The van der Waals surface area contributed by atoms with Crippen LogP contribution in [0.25, 0.3) is 6.08 Å². The van der Waals surface area contributed by atoms with Crippen LogP contribution in [0.4, 0.5) is 0 Å². The monoisotopic (exact) mass is 487 g/mol. The molecule has 0 aliphatic rings. The first kappa shape index (κ1) is 18.8. The Morgan fingerprint density at radius 1 is 1.12 bits per heavy atom. The van der Waals surface area contributed by atoms with Crippen LogP contribution in [-0.2, 0) is 4.79 Å². The molecule has 0 unspecified atom stereocenters. The number of halogens is 2. The van der Waals surface area contributed by atoms with Crippen molar-refractivity contribution < 1.29 is 9.59 Å². The highest BCUT2D eigenvalue weighted by Crippen LogP contribution is 2.20. The molecule has 24 heavy (non-hydrogen) atoms. The van der Waals surface area contributed by atoms with Gasteiger partial charge in [0, 0.05) is 15.0 Å². The summed E-state index contributed by atoms with van der Waals surface area (Å²) in [7, 11) is 0. The maximum atomic E-state index is 11.8. The van der Waals surface area contributed by atoms with E-state index >= 15 is 0 Å². The number of thiophene rings is 1. The molecule has 124 valence electrons. The molecule has 1 aromatic carbocycles. The summed E-state index contributed by atoms with van der Waals surface area (Å²) in [6, 6.07) is 9.08. The van der Waals surface area contributed by atoms with Gasteiger partial charge in [-0.15, -0.1) is 11.3 Å². The molecule has 0 fully saturated rings. The van der Waals surface area contributed by atoms with E-state index < -0.39 is 5.91 Å². The number of carbonyl (C=O) groups excluding carboxylic acids is 2. The maximum absolute atomic E-state index is 11.8. The quantitative estimate of drug-likeness (QED) is 0.350. The summed E-state index contributed by atoms with van der Waals surface area (Å²) in [6.45, 7) is 0. The van der Waals surface area contributed by atoms with E-state index in [-0.39, 0.29) is 11.0 Å². The van der Waals surface area contributed by atoms with Crippen molar-refractivity contribution in [3.63, 3.8) is 0 Å². The van der Waals surface area contributed by atoms with Gasteiger partial charge < -0.3 is 0 Å². The second-order valence-corrected chi connectivity index (χ2v) is 7.60. The van der Waals surface area contributed by atoms with Crippen molar-refractivity contribution in [1.29, 1.82) is 0 Å². The largest absolute Gasteiger partial charge is 0.298 e. The average Bonchev–Trinajstić information content (AvgIpc) is 3.04. The molecule has 0 atom stereocenters. The van der Waals surface area contributed by atoms with Crippen molar-refractivity contribution in [1.82, 2.24) is 16.2 Å². The van der Waals surface area contributed by atoms with Crippen molar-refractivity contribution in [3.8, 4) is 0 Å². The highest BCUT2D eigenvalue weighted by atomic mass is 79.9. The van der Waals surface area contributed by atoms with Gasteiger partial charge in [-0.3, -0.25) is 25.8 Å². The fourth-order valence-electron chi connectivity index (χ4n) is 1.61. The first-order chi connectivity index (χ1) is 11.4. The SMILES string of the molecule is O=C(C=Cc1cc(Br)cc(Br)c1)NC(=S)NNC(=O)c1cccs1. The zero-order chi connectivity index (χ0) is 17.5. The van der Waals surface area contributed by atoms with Crippen LogP contribution in [0.5, 0.6) is 0 Å². The normalized spacial score (nSPS) is 10.4. The van der Waals surface area contributed by atoms with Gasteiger partial charge >= 0.3 is 0 Å². The van der Waals surface area contributed by atoms with E-state index in [1.54, 1.807) is 23.6 Å². The van der Waals surface area contributed by atoms with Crippen molar-refractivity contribution >= 4 is 78.4 Å². The Bertz CT molecular complexity index is 772. The molecule has 0 saturated heterocycles. The molecule has 3 N–H and O–H groups in total. The minimum absolute atomic E-state index is 0.00461. The summed E-state index contributed by atoms with van der Waals surface area (Å²) in [5, 5.41) is 4.24. The predicted octanol–water partition coefficient (Wildman–Crippen LogP) is 3.62. The molecule has 0 bridgehead atoms. The first-order valence-electron chi connectivity index (χ1n) is 6.53. The molecular weight excluding hydrogens is 478 g/mol. The number of thiocarbonyl (C=S) groups is 1. The van der Waals surface area contributed by atoms with E-state index in [9.17, 15) is 9.59 Å². The summed E-state index contributed by atoms with van der Waals surface area (Å²) >= 11 is 13.0.